The number of hydrogen-bond acceptors (Lipinski definition) is 3. The molecule has 0 aromatic heterocycles. The monoisotopic (exact) mass is 331 g/mol. The number of halogens is 1. The summed E-state index contributed by atoms with van der Waals surface area (Å²) in [5.74, 6) is -0.872. The average Bonchev–Trinajstić information content (AvgIpc) is 2.56. The van der Waals surface area contributed by atoms with E-state index in [4.69, 9.17) is 4.74 Å². The number of rotatable bonds is 7. The molecule has 0 spiro atoms. The van der Waals surface area contributed by atoms with Gasteiger partial charge in [0.1, 0.15) is 0 Å². The van der Waals surface area contributed by atoms with Gasteiger partial charge in [-0.15, -0.1) is 0 Å². The first-order valence-corrected chi connectivity index (χ1v) is 7.86. The van der Waals surface area contributed by atoms with E-state index in [-0.39, 0.29) is 12.4 Å². The summed E-state index contributed by atoms with van der Waals surface area (Å²) in [6, 6.07) is 13.6. The van der Waals surface area contributed by atoms with Gasteiger partial charge < -0.3 is 15.2 Å². The second-order valence-electron chi connectivity index (χ2n) is 5.84. The second kappa shape index (κ2) is 8.45. The summed E-state index contributed by atoms with van der Waals surface area (Å²) >= 11 is 0. The predicted molar refractivity (Wildman–Crippen MR) is 90.4 cm³/mol. The Morgan fingerprint density at radius 1 is 1.25 bits per heavy atom. The Hall–Kier alpha value is -2.40. The van der Waals surface area contributed by atoms with Crippen LogP contribution in [-0.4, -0.2) is 29.8 Å². The van der Waals surface area contributed by atoms with E-state index >= 15 is 0 Å². The fraction of sp³-hybridized carbons (Fsp3) is 0.316. The summed E-state index contributed by atoms with van der Waals surface area (Å²) in [6.45, 7) is 3.23. The first-order chi connectivity index (χ1) is 11.5. The molecule has 128 valence electrons. The van der Waals surface area contributed by atoms with Crippen molar-refractivity contribution in [2.75, 3.05) is 6.61 Å². The van der Waals surface area contributed by atoms with Gasteiger partial charge in [-0.25, -0.2) is 4.39 Å². The summed E-state index contributed by atoms with van der Waals surface area (Å²) in [4.78, 5) is 11.9. The number of aryl methyl sites for hydroxylation is 1. The molecule has 2 unspecified atom stereocenters. The van der Waals surface area contributed by atoms with E-state index in [0.717, 1.165) is 11.1 Å². The molecule has 2 rings (SSSR count). The van der Waals surface area contributed by atoms with Gasteiger partial charge in [0.15, 0.2) is 18.2 Å². The minimum absolute atomic E-state index is 0.0441. The summed E-state index contributed by atoms with van der Waals surface area (Å²) in [7, 11) is 0. The molecule has 0 saturated carbocycles. The SMILES string of the molecule is Cc1ccc(F)c(OCC(=O)NC(C)C(O)Cc2ccccc2)c1. The van der Waals surface area contributed by atoms with Crippen molar-refractivity contribution < 1.29 is 19.0 Å². The van der Waals surface area contributed by atoms with Gasteiger partial charge in [-0.2, -0.15) is 0 Å². The Morgan fingerprint density at radius 2 is 1.96 bits per heavy atom. The first kappa shape index (κ1) is 17.9. The number of benzene rings is 2. The van der Waals surface area contributed by atoms with Gasteiger partial charge >= 0.3 is 0 Å². The molecule has 0 radical (unpaired) electrons. The third kappa shape index (κ3) is 5.35. The van der Waals surface area contributed by atoms with Crippen LogP contribution in [0.3, 0.4) is 0 Å². The molecule has 0 bridgehead atoms. The molecule has 0 fully saturated rings. The molecule has 2 aromatic rings. The molecule has 0 aliphatic carbocycles. The Kier molecular flexibility index (Phi) is 6.32. The first-order valence-electron chi connectivity index (χ1n) is 7.86. The molecule has 0 heterocycles. The largest absolute Gasteiger partial charge is 0.481 e. The summed E-state index contributed by atoms with van der Waals surface area (Å²) in [5.41, 5.74) is 1.84. The van der Waals surface area contributed by atoms with E-state index in [1.54, 1.807) is 13.0 Å². The molecule has 1 amide bonds. The van der Waals surface area contributed by atoms with Crippen molar-refractivity contribution in [3.05, 3.63) is 65.5 Å². The van der Waals surface area contributed by atoms with Gasteiger partial charge in [0.05, 0.1) is 12.1 Å². The van der Waals surface area contributed by atoms with Gasteiger partial charge in [-0.3, -0.25) is 4.79 Å². The van der Waals surface area contributed by atoms with Crippen molar-refractivity contribution in [1.82, 2.24) is 5.32 Å². The van der Waals surface area contributed by atoms with Crippen molar-refractivity contribution >= 4 is 5.91 Å². The Morgan fingerprint density at radius 3 is 2.67 bits per heavy atom. The Balaban J connectivity index is 1.81. The Labute approximate surface area is 141 Å². The lowest BCUT2D eigenvalue weighted by Gasteiger charge is -2.20. The van der Waals surface area contributed by atoms with Crippen LogP contribution < -0.4 is 10.1 Å². The zero-order valence-electron chi connectivity index (χ0n) is 13.8. The van der Waals surface area contributed by atoms with E-state index in [1.165, 1.54) is 12.1 Å². The Bertz CT molecular complexity index is 676. The highest BCUT2D eigenvalue weighted by atomic mass is 19.1. The molecule has 24 heavy (non-hydrogen) atoms. The molecular formula is C19H22FNO3. The van der Waals surface area contributed by atoms with Crippen molar-refractivity contribution in [2.24, 2.45) is 0 Å². The molecule has 2 atom stereocenters. The van der Waals surface area contributed by atoms with E-state index < -0.39 is 23.9 Å². The third-order valence-electron chi connectivity index (χ3n) is 3.70. The lowest BCUT2D eigenvalue weighted by molar-refractivity contribution is -0.124. The summed E-state index contributed by atoms with van der Waals surface area (Å²) in [6.07, 6.45) is -0.276. The van der Waals surface area contributed by atoms with Crippen LogP contribution in [0.4, 0.5) is 4.39 Å². The number of nitrogens with one attached hydrogen (secondary N) is 1. The van der Waals surface area contributed by atoms with Gasteiger partial charge in [-0.05, 0) is 37.1 Å². The highest BCUT2D eigenvalue weighted by Gasteiger charge is 2.17. The number of hydrogen-bond donors (Lipinski definition) is 2. The minimum atomic E-state index is -0.716. The highest BCUT2D eigenvalue weighted by Crippen LogP contribution is 2.18. The molecule has 2 N–H and O–H groups in total. The van der Waals surface area contributed by atoms with Crippen molar-refractivity contribution in [1.29, 1.82) is 0 Å². The smallest absolute Gasteiger partial charge is 0.258 e. The average molecular weight is 331 g/mol. The lowest BCUT2D eigenvalue weighted by Crippen LogP contribution is -2.44. The fourth-order valence-electron chi connectivity index (χ4n) is 2.29. The summed E-state index contributed by atoms with van der Waals surface area (Å²) in [5, 5.41) is 12.8. The number of amides is 1. The maximum atomic E-state index is 13.6. The predicted octanol–water partition coefficient (Wildman–Crippen LogP) is 2.62. The van der Waals surface area contributed by atoms with Crippen LogP contribution >= 0.6 is 0 Å². The van der Waals surface area contributed by atoms with Gasteiger partial charge in [0, 0.05) is 6.42 Å². The van der Waals surface area contributed by atoms with E-state index in [1.807, 2.05) is 37.3 Å². The molecule has 5 heteroatoms. The van der Waals surface area contributed by atoms with Gasteiger partial charge in [-0.1, -0.05) is 36.4 Å². The van der Waals surface area contributed by atoms with E-state index in [0.29, 0.717) is 6.42 Å². The second-order valence-corrected chi connectivity index (χ2v) is 5.84. The maximum Gasteiger partial charge on any atom is 0.258 e. The zero-order chi connectivity index (χ0) is 17.5. The van der Waals surface area contributed by atoms with Crippen LogP contribution in [0.1, 0.15) is 18.1 Å². The number of carbonyl (C=O) groups is 1. The number of carbonyl (C=O) groups excluding carboxylic acids is 1. The van der Waals surface area contributed by atoms with Crippen LogP contribution in [0, 0.1) is 12.7 Å². The molecule has 4 nitrogen and oxygen atoms in total. The standard InChI is InChI=1S/C19H22FNO3/c1-13-8-9-16(20)18(10-13)24-12-19(23)21-14(2)17(22)11-15-6-4-3-5-7-15/h3-10,14,17,22H,11-12H2,1-2H3,(H,21,23). The highest BCUT2D eigenvalue weighted by molar-refractivity contribution is 5.77. The van der Waals surface area contributed by atoms with Crippen molar-refractivity contribution in [3.8, 4) is 5.75 Å². The normalized spacial score (nSPS) is 13.2. The van der Waals surface area contributed by atoms with E-state index in [9.17, 15) is 14.3 Å². The molecular weight excluding hydrogens is 309 g/mol. The fourth-order valence-corrected chi connectivity index (χ4v) is 2.29. The number of aliphatic hydroxyl groups excluding tert-OH is 1. The number of aliphatic hydroxyl groups is 1. The number of ether oxygens (including phenoxy) is 1. The maximum absolute atomic E-state index is 13.6. The van der Waals surface area contributed by atoms with Crippen molar-refractivity contribution in [2.45, 2.75) is 32.4 Å². The van der Waals surface area contributed by atoms with Crippen LogP contribution in [0.15, 0.2) is 48.5 Å². The molecule has 2 aromatic carbocycles. The molecule has 0 saturated heterocycles. The van der Waals surface area contributed by atoms with Crippen LogP contribution in [0.25, 0.3) is 0 Å². The minimum Gasteiger partial charge on any atom is -0.481 e. The van der Waals surface area contributed by atoms with E-state index in [2.05, 4.69) is 5.32 Å². The van der Waals surface area contributed by atoms with Gasteiger partial charge in [0.25, 0.3) is 5.91 Å². The lowest BCUT2D eigenvalue weighted by atomic mass is 10.0. The zero-order valence-corrected chi connectivity index (χ0v) is 13.8. The third-order valence-corrected chi connectivity index (χ3v) is 3.70. The summed E-state index contributed by atoms with van der Waals surface area (Å²) < 4.78 is 18.8. The molecule has 0 aliphatic rings. The van der Waals surface area contributed by atoms with Gasteiger partial charge in [0.2, 0.25) is 0 Å². The van der Waals surface area contributed by atoms with Crippen molar-refractivity contribution in [3.63, 3.8) is 0 Å². The quantitative estimate of drug-likeness (QED) is 0.820. The topological polar surface area (TPSA) is 58.6 Å². The van der Waals surface area contributed by atoms with Crippen LogP contribution in [-0.2, 0) is 11.2 Å². The van der Waals surface area contributed by atoms with Crippen LogP contribution in [0.5, 0.6) is 5.75 Å². The van der Waals surface area contributed by atoms with Crippen LogP contribution in [0.2, 0.25) is 0 Å². The molecule has 0 aliphatic heterocycles.